The van der Waals surface area contributed by atoms with Gasteiger partial charge in [-0.25, -0.2) is 13.8 Å². The number of aromatic amines is 1. The van der Waals surface area contributed by atoms with Crippen LogP contribution < -0.4 is 11.2 Å². The molecule has 0 aromatic carbocycles. The molecule has 224 valence electrons. The van der Waals surface area contributed by atoms with Crippen molar-refractivity contribution >= 4 is 41.6 Å². The van der Waals surface area contributed by atoms with E-state index < -0.39 is 61.6 Å². The minimum absolute atomic E-state index is 0.107. The van der Waals surface area contributed by atoms with E-state index in [0.29, 0.717) is 0 Å². The van der Waals surface area contributed by atoms with Gasteiger partial charge in [0.25, 0.3) is 5.56 Å². The predicted octanol–water partition coefficient (Wildman–Crippen LogP) is 3.83. The van der Waals surface area contributed by atoms with Crippen molar-refractivity contribution in [2.45, 2.75) is 52.6 Å². The fourth-order valence-corrected chi connectivity index (χ4v) is 6.18. The first-order valence-corrected chi connectivity index (χ1v) is 15.6. The minimum atomic E-state index is -4.36. The van der Waals surface area contributed by atoms with Crippen LogP contribution in [-0.4, -0.2) is 69.4 Å². The number of hydrogen-bond acceptors (Lipinski definition) is 12. The van der Waals surface area contributed by atoms with Gasteiger partial charge >= 0.3 is 13.5 Å². The van der Waals surface area contributed by atoms with E-state index in [1.165, 1.54) is 13.8 Å². The third-order valence-electron chi connectivity index (χ3n) is 5.75. The summed E-state index contributed by atoms with van der Waals surface area (Å²) < 4.78 is 52.0. The zero-order chi connectivity index (χ0) is 30.1. The van der Waals surface area contributed by atoms with Crippen molar-refractivity contribution in [3.05, 3.63) is 43.5 Å². The number of alkyl halides is 1. The summed E-state index contributed by atoms with van der Waals surface area (Å²) >= 11 is 1.91. The van der Waals surface area contributed by atoms with E-state index in [0.717, 1.165) is 40.4 Å². The molecule has 0 radical (unpaired) electrons. The molecule has 0 aliphatic carbocycles. The first kappa shape index (κ1) is 34.2. The van der Waals surface area contributed by atoms with E-state index in [4.69, 9.17) is 23.8 Å². The molecule has 0 amide bonds. The summed E-state index contributed by atoms with van der Waals surface area (Å²) in [6.07, 6.45) is -2.28. The lowest BCUT2D eigenvalue weighted by Gasteiger charge is -2.32. The number of phosphoric ester groups is 1. The van der Waals surface area contributed by atoms with E-state index in [2.05, 4.69) is 10.0 Å². The maximum absolute atomic E-state index is 15.5. The molecule has 1 N–H and O–H groups in total. The number of carbonyl (C=O) groups excluding carboxylic acids is 2. The number of H-pyrrole nitrogens is 1. The second-order valence-corrected chi connectivity index (χ2v) is 13.8. The van der Waals surface area contributed by atoms with Crippen LogP contribution in [0.3, 0.4) is 0 Å². The fraction of sp³-hybridized carbons (Fsp3) is 0.727. The minimum Gasteiger partial charge on any atom is -0.345 e. The highest BCUT2D eigenvalue weighted by molar-refractivity contribution is 8.13. The van der Waals surface area contributed by atoms with Crippen LogP contribution in [0.25, 0.3) is 10.4 Å². The van der Waals surface area contributed by atoms with Crippen molar-refractivity contribution in [1.29, 1.82) is 0 Å². The number of azide groups is 1. The molecule has 1 unspecified atom stereocenters. The summed E-state index contributed by atoms with van der Waals surface area (Å²) in [7, 11) is -4.36. The average Bonchev–Trinajstić information content (AvgIpc) is 3.11. The normalized spacial score (nSPS) is 24.3. The molecule has 18 heteroatoms. The van der Waals surface area contributed by atoms with Gasteiger partial charge in [0, 0.05) is 46.9 Å². The number of nitrogens with one attached hydrogen (secondary N) is 1. The number of aromatic nitrogens is 2. The molecule has 1 fully saturated rings. The Kier molecular flexibility index (Phi) is 12.6. The molecule has 40 heavy (non-hydrogen) atoms. The number of rotatable bonds is 14. The molecular formula is C22H33FN5O9PS2. The first-order valence-electron chi connectivity index (χ1n) is 12.1. The number of thioether (sulfide) groups is 2. The highest BCUT2D eigenvalue weighted by atomic mass is 32.2. The fourth-order valence-electron chi connectivity index (χ4n) is 3.47. The SMILES string of the molecule is CC(=O)SCCOP(=O)(OCCSC(=O)C(C)(C)C)OC[C@@]1(CN=[N+]=[N-])O[C@@H](n2ccc(=O)[nH]c2=O)[C@H](F)[C@@H]1C. The van der Waals surface area contributed by atoms with E-state index in [1.54, 1.807) is 20.8 Å². The van der Waals surface area contributed by atoms with Gasteiger partial charge in [0.2, 0.25) is 0 Å². The van der Waals surface area contributed by atoms with Gasteiger partial charge in [-0.2, -0.15) is 0 Å². The van der Waals surface area contributed by atoms with Crippen LogP contribution in [0.1, 0.15) is 40.8 Å². The lowest BCUT2D eigenvalue weighted by atomic mass is 9.88. The number of carbonyl (C=O) groups is 2. The zero-order valence-corrected chi connectivity index (χ0v) is 25.3. The Labute approximate surface area is 238 Å². The molecule has 2 heterocycles. The Hall–Kier alpha value is -1.97. The van der Waals surface area contributed by atoms with Crippen molar-refractivity contribution < 1.29 is 36.9 Å². The number of hydrogen-bond donors (Lipinski definition) is 1. The van der Waals surface area contributed by atoms with Crippen LogP contribution in [0, 0.1) is 11.3 Å². The van der Waals surface area contributed by atoms with Crippen molar-refractivity contribution in [3.8, 4) is 0 Å². The molecule has 1 aromatic rings. The van der Waals surface area contributed by atoms with Crippen LogP contribution >= 0.6 is 31.3 Å². The molecule has 0 saturated carbocycles. The van der Waals surface area contributed by atoms with Crippen LogP contribution in [0.15, 0.2) is 27.0 Å². The second-order valence-electron chi connectivity index (χ2n) is 9.83. The average molecular weight is 626 g/mol. The van der Waals surface area contributed by atoms with Gasteiger partial charge in [0.15, 0.2) is 22.6 Å². The van der Waals surface area contributed by atoms with E-state index >= 15 is 4.39 Å². The van der Waals surface area contributed by atoms with Crippen molar-refractivity contribution in [2.24, 2.45) is 16.4 Å². The Morgan fingerprint density at radius 2 is 1.88 bits per heavy atom. The summed E-state index contributed by atoms with van der Waals surface area (Å²) in [5.41, 5.74) is 5.01. The van der Waals surface area contributed by atoms with Gasteiger partial charge < -0.3 is 4.74 Å². The molecule has 1 aliphatic rings. The summed E-state index contributed by atoms with van der Waals surface area (Å²) in [5.74, 6) is -0.775. The van der Waals surface area contributed by atoms with Gasteiger partial charge in [0.05, 0.1) is 26.4 Å². The third-order valence-corrected chi connectivity index (χ3v) is 9.21. The molecule has 5 atom stereocenters. The molecule has 1 aliphatic heterocycles. The van der Waals surface area contributed by atoms with Crippen LogP contribution in [0.2, 0.25) is 0 Å². The standard InChI is InChI=1S/C22H33FN5O9PS2/c1-14-17(23)18(28-7-6-16(30)26-20(28)32)37-22(14,12-25-27-24)13-36-38(33,34-8-10-39-15(2)29)35-9-11-40-19(31)21(3,4)5/h6-7,14,17-18H,8-13H2,1-5H3,(H,26,30,32)/t14-,17+,18+,22+,38?/m0/s1. The maximum atomic E-state index is 15.5. The largest absolute Gasteiger partial charge is 0.474 e. The number of phosphoric acid groups is 1. The first-order chi connectivity index (χ1) is 18.6. The van der Waals surface area contributed by atoms with E-state index in [9.17, 15) is 23.7 Å². The Morgan fingerprint density at radius 1 is 1.25 bits per heavy atom. The Balaban J connectivity index is 2.24. The Bertz CT molecular complexity index is 1270. The maximum Gasteiger partial charge on any atom is 0.474 e. The highest BCUT2D eigenvalue weighted by Gasteiger charge is 2.55. The third kappa shape index (κ3) is 9.55. The van der Waals surface area contributed by atoms with Gasteiger partial charge in [-0.3, -0.25) is 37.5 Å². The van der Waals surface area contributed by atoms with Gasteiger partial charge in [-0.15, -0.1) is 0 Å². The molecule has 1 saturated heterocycles. The van der Waals surface area contributed by atoms with Gasteiger partial charge in [-0.1, -0.05) is 56.3 Å². The molecule has 14 nitrogen and oxygen atoms in total. The summed E-state index contributed by atoms with van der Waals surface area (Å²) in [6.45, 7) is 6.56. The van der Waals surface area contributed by atoms with Crippen LogP contribution in [-0.2, 0) is 32.5 Å². The van der Waals surface area contributed by atoms with Gasteiger partial charge in [-0.05, 0) is 5.53 Å². The quantitative estimate of drug-likeness (QED) is 0.104. The van der Waals surface area contributed by atoms with E-state index in [-0.39, 0.29) is 35.0 Å². The lowest BCUT2D eigenvalue weighted by molar-refractivity contribution is -0.117. The molecule has 1 aromatic heterocycles. The molecule has 0 spiro atoms. The summed E-state index contributed by atoms with van der Waals surface area (Å²) in [6, 6.07) is 1.02. The van der Waals surface area contributed by atoms with Crippen molar-refractivity contribution in [1.82, 2.24) is 9.55 Å². The van der Waals surface area contributed by atoms with Crippen molar-refractivity contribution in [2.75, 3.05) is 37.9 Å². The Morgan fingerprint density at radius 3 is 2.42 bits per heavy atom. The predicted molar refractivity (Wildman–Crippen MR) is 148 cm³/mol. The second kappa shape index (κ2) is 14.8. The molecular weight excluding hydrogens is 592 g/mol. The highest BCUT2D eigenvalue weighted by Crippen LogP contribution is 2.53. The lowest BCUT2D eigenvalue weighted by Crippen LogP contribution is -2.44. The topological polar surface area (TPSA) is 192 Å². The monoisotopic (exact) mass is 625 g/mol. The van der Waals surface area contributed by atoms with Crippen LogP contribution in [0.4, 0.5) is 4.39 Å². The van der Waals surface area contributed by atoms with Crippen LogP contribution in [0.5, 0.6) is 0 Å². The smallest absolute Gasteiger partial charge is 0.345 e. The number of ether oxygens (including phenoxy) is 1. The summed E-state index contributed by atoms with van der Waals surface area (Å²) in [5, 5.41) is 3.21. The number of nitrogens with zero attached hydrogens (tertiary/aromatic N) is 4. The number of halogens is 1. The van der Waals surface area contributed by atoms with Gasteiger partial charge in [0.1, 0.15) is 5.60 Å². The summed E-state index contributed by atoms with van der Waals surface area (Å²) in [4.78, 5) is 51.8. The van der Waals surface area contributed by atoms with E-state index in [1.807, 2.05) is 4.98 Å². The molecule has 0 bridgehead atoms. The zero-order valence-electron chi connectivity index (χ0n) is 22.7. The molecule has 2 rings (SSSR count). The van der Waals surface area contributed by atoms with Crippen molar-refractivity contribution in [3.63, 3.8) is 0 Å².